The Labute approximate surface area is 131 Å². The summed E-state index contributed by atoms with van der Waals surface area (Å²) >= 11 is 5.97. The summed E-state index contributed by atoms with van der Waals surface area (Å²) in [5.41, 5.74) is 6.21. The summed E-state index contributed by atoms with van der Waals surface area (Å²) < 4.78 is 27.7. The second-order valence-electron chi connectivity index (χ2n) is 5.63. The van der Waals surface area contributed by atoms with Crippen LogP contribution >= 0.6 is 11.6 Å². The van der Waals surface area contributed by atoms with Gasteiger partial charge < -0.3 is 10.6 Å². The van der Waals surface area contributed by atoms with E-state index in [1.165, 1.54) is 6.07 Å². The summed E-state index contributed by atoms with van der Waals surface area (Å²) in [5, 5.41) is 0.490. The van der Waals surface area contributed by atoms with Crippen LogP contribution in [0.25, 0.3) is 0 Å². The highest BCUT2D eigenvalue weighted by atomic mass is 35.5. The van der Waals surface area contributed by atoms with Crippen LogP contribution in [-0.4, -0.2) is 39.0 Å². The van der Waals surface area contributed by atoms with Gasteiger partial charge in [-0.3, -0.25) is 0 Å². The average Bonchev–Trinajstić information content (AvgIpc) is 2.43. The quantitative estimate of drug-likeness (QED) is 0.878. The highest BCUT2D eigenvalue weighted by Crippen LogP contribution is 2.22. The van der Waals surface area contributed by atoms with Gasteiger partial charge >= 0.3 is 0 Å². The molecule has 0 spiro atoms. The SMILES string of the molecule is CC1CC(NS(=O)(=O)c2ccc(Cl)c(CN)c2)CCN1C. The molecule has 0 aromatic heterocycles. The molecule has 0 radical (unpaired) electrons. The number of sulfonamides is 1. The van der Waals surface area contributed by atoms with Gasteiger partial charge in [0.2, 0.25) is 10.0 Å². The number of likely N-dealkylation sites (tertiary alicyclic amines) is 1. The minimum atomic E-state index is -3.53. The molecule has 1 aliphatic rings. The fourth-order valence-electron chi connectivity index (χ4n) is 2.56. The van der Waals surface area contributed by atoms with Gasteiger partial charge in [0, 0.05) is 23.7 Å². The summed E-state index contributed by atoms with van der Waals surface area (Å²) in [4.78, 5) is 2.46. The lowest BCUT2D eigenvalue weighted by Crippen LogP contribution is -2.47. The number of rotatable bonds is 4. The van der Waals surface area contributed by atoms with Crippen LogP contribution in [0.15, 0.2) is 23.1 Å². The topological polar surface area (TPSA) is 75.4 Å². The van der Waals surface area contributed by atoms with Gasteiger partial charge in [0.1, 0.15) is 0 Å². The van der Waals surface area contributed by atoms with E-state index in [2.05, 4.69) is 23.6 Å². The molecule has 21 heavy (non-hydrogen) atoms. The molecule has 3 N–H and O–H groups in total. The molecule has 7 heteroatoms. The lowest BCUT2D eigenvalue weighted by molar-refractivity contribution is 0.178. The molecule has 2 rings (SSSR count). The fraction of sp³-hybridized carbons (Fsp3) is 0.571. The normalized spacial score (nSPS) is 24.2. The van der Waals surface area contributed by atoms with Crippen LogP contribution in [0.2, 0.25) is 5.02 Å². The van der Waals surface area contributed by atoms with Gasteiger partial charge in [-0.25, -0.2) is 13.1 Å². The lowest BCUT2D eigenvalue weighted by atomic mass is 10.0. The molecule has 1 fully saturated rings. The maximum Gasteiger partial charge on any atom is 0.240 e. The van der Waals surface area contributed by atoms with E-state index in [0.29, 0.717) is 16.6 Å². The van der Waals surface area contributed by atoms with Gasteiger partial charge in [-0.1, -0.05) is 11.6 Å². The number of piperidine rings is 1. The zero-order valence-corrected chi connectivity index (χ0v) is 13.9. The molecule has 118 valence electrons. The van der Waals surface area contributed by atoms with Gasteiger partial charge in [-0.15, -0.1) is 0 Å². The molecule has 1 aliphatic heterocycles. The highest BCUT2D eigenvalue weighted by Gasteiger charge is 2.27. The van der Waals surface area contributed by atoms with E-state index < -0.39 is 10.0 Å². The predicted molar refractivity (Wildman–Crippen MR) is 84.8 cm³/mol. The van der Waals surface area contributed by atoms with Crippen LogP contribution in [0.1, 0.15) is 25.3 Å². The molecule has 2 unspecified atom stereocenters. The van der Waals surface area contributed by atoms with E-state index in [-0.39, 0.29) is 17.5 Å². The third-order valence-corrected chi connectivity index (χ3v) is 5.96. The van der Waals surface area contributed by atoms with Crippen LogP contribution < -0.4 is 10.5 Å². The Bertz CT molecular complexity index is 606. The van der Waals surface area contributed by atoms with Crippen molar-refractivity contribution in [2.24, 2.45) is 5.73 Å². The maximum atomic E-state index is 12.5. The van der Waals surface area contributed by atoms with E-state index >= 15 is 0 Å². The Morgan fingerprint density at radius 2 is 2.19 bits per heavy atom. The first-order chi connectivity index (χ1) is 9.83. The summed E-state index contributed by atoms with van der Waals surface area (Å²) in [5.74, 6) is 0. The van der Waals surface area contributed by atoms with E-state index in [9.17, 15) is 8.42 Å². The maximum absolute atomic E-state index is 12.5. The Kier molecular flexibility index (Phi) is 5.27. The predicted octanol–water partition coefficient (Wildman–Crippen LogP) is 1.56. The molecule has 1 aromatic rings. The smallest absolute Gasteiger partial charge is 0.240 e. The first-order valence-corrected chi connectivity index (χ1v) is 8.90. The Morgan fingerprint density at radius 1 is 1.48 bits per heavy atom. The number of benzene rings is 1. The Balaban J connectivity index is 2.15. The summed E-state index contributed by atoms with van der Waals surface area (Å²) in [6.07, 6.45) is 1.63. The second-order valence-corrected chi connectivity index (χ2v) is 7.75. The fourth-order valence-corrected chi connectivity index (χ4v) is 4.09. The van der Waals surface area contributed by atoms with Crippen molar-refractivity contribution in [1.29, 1.82) is 0 Å². The molecule has 5 nitrogen and oxygen atoms in total. The van der Waals surface area contributed by atoms with Crippen molar-refractivity contribution < 1.29 is 8.42 Å². The van der Waals surface area contributed by atoms with Crippen LogP contribution in [0.4, 0.5) is 0 Å². The number of halogens is 1. The van der Waals surface area contributed by atoms with Crippen molar-refractivity contribution in [2.75, 3.05) is 13.6 Å². The van der Waals surface area contributed by atoms with E-state index in [1.54, 1.807) is 12.1 Å². The number of hydrogen-bond acceptors (Lipinski definition) is 4. The average molecular weight is 332 g/mol. The van der Waals surface area contributed by atoms with Crippen LogP contribution in [0.5, 0.6) is 0 Å². The molecule has 2 atom stereocenters. The third kappa shape index (κ3) is 3.96. The lowest BCUT2D eigenvalue weighted by Gasteiger charge is -2.35. The van der Waals surface area contributed by atoms with Crippen molar-refractivity contribution in [3.05, 3.63) is 28.8 Å². The zero-order valence-electron chi connectivity index (χ0n) is 12.3. The monoisotopic (exact) mass is 331 g/mol. The molecule has 0 amide bonds. The highest BCUT2D eigenvalue weighted by molar-refractivity contribution is 7.89. The van der Waals surface area contributed by atoms with Crippen molar-refractivity contribution in [3.8, 4) is 0 Å². The molecular formula is C14H22ClN3O2S. The van der Waals surface area contributed by atoms with Crippen LogP contribution in [0.3, 0.4) is 0 Å². The summed E-state index contributed by atoms with van der Waals surface area (Å²) in [6, 6.07) is 4.98. The molecule has 1 heterocycles. The van der Waals surface area contributed by atoms with Crippen molar-refractivity contribution in [1.82, 2.24) is 9.62 Å². The van der Waals surface area contributed by atoms with Gasteiger partial charge in [-0.2, -0.15) is 0 Å². The van der Waals surface area contributed by atoms with Crippen LogP contribution in [-0.2, 0) is 16.6 Å². The van der Waals surface area contributed by atoms with E-state index in [1.807, 2.05) is 0 Å². The first kappa shape index (κ1) is 16.7. The number of nitrogens with two attached hydrogens (primary N) is 1. The third-order valence-electron chi connectivity index (χ3n) is 4.08. The minimum absolute atomic E-state index is 0.0294. The minimum Gasteiger partial charge on any atom is -0.326 e. The summed E-state index contributed by atoms with van der Waals surface area (Å²) in [7, 11) is -1.48. The van der Waals surface area contributed by atoms with Gasteiger partial charge in [0.15, 0.2) is 0 Å². The number of nitrogens with zero attached hydrogens (tertiary/aromatic N) is 1. The van der Waals surface area contributed by atoms with Gasteiger partial charge in [0.05, 0.1) is 4.90 Å². The molecular weight excluding hydrogens is 310 g/mol. The molecule has 0 saturated carbocycles. The molecule has 1 aromatic carbocycles. The van der Waals surface area contributed by atoms with E-state index in [0.717, 1.165) is 19.4 Å². The van der Waals surface area contributed by atoms with Crippen LogP contribution in [0, 0.1) is 0 Å². The number of hydrogen-bond donors (Lipinski definition) is 2. The zero-order chi connectivity index (χ0) is 15.6. The largest absolute Gasteiger partial charge is 0.326 e. The van der Waals surface area contributed by atoms with Crippen molar-refractivity contribution >= 4 is 21.6 Å². The molecule has 1 saturated heterocycles. The van der Waals surface area contributed by atoms with E-state index in [4.69, 9.17) is 17.3 Å². The first-order valence-electron chi connectivity index (χ1n) is 7.04. The molecule has 0 aliphatic carbocycles. The second kappa shape index (κ2) is 6.62. The summed E-state index contributed by atoms with van der Waals surface area (Å²) in [6.45, 7) is 3.21. The Morgan fingerprint density at radius 3 is 2.81 bits per heavy atom. The van der Waals surface area contributed by atoms with Gasteiger partial charge in [-0.05, 0) is 57.1 Å². The Hall–Kier alpha value is -0.660. The molecule has 0 bridgehead atoms. The van der Waals surface area contributed by atoms with Crippen molar-refractivity contribution in [3.63, 3.8) is 0 Å². The van der Waals surface area contributed by atoms with Gasteiger partial charge in [0.25, 0.3) is 0 Å². The standard InChI is InChI=1S/C14H22ClN3O2S/c1-10-7-12(5-6-18(10)2)17-21(19,20)13-3-4-14(15)11(8-13)9-16/h3-4,8,10,12,17H,5-7,9,16H2,1-2H3. The number of nitrogens with one attached hydrogen (secondary N) is 1. The van der Waals surface area contributed by atoms with Crippen molar-refractivity contribution in [2.45, 2.75) is 43.3 Å².